The lowest BCUT2D eigenvalue weighted by Gasteiger charge is -2.12. The van der Waals surface area contributed by atoms with E-state index in [1.54, 1.807) is 0 Å². The van der Waals surface area contributed by atoms with E-state index in [1.807, 2.05) is 31.5 Å². The first-order valence-corrected chi connectivity index (χ1v) is 8.32. The lowest BCUT2D eigenvalue weighted by Crippen LogP contribution is -2.01. The minimum atomic E-state index is 0.811. The van der Waals surface area contributed by atoms with Gasteiger partial charge in [0.05, 0.1) is 11.4 Å². The van der Waals surface area contributed by atoms with E-state index in [9.17, 15) is 0 Å². The van der Waals surface area contributed by atoms with Gasteiger partial charge >= 0.3 is 0 Å². The molecule has 0 fully saturated rings. The summed E-state index contributed by atoms with van der Waals surface area (Å²) in [6, 6.07) is 4.02. The van der Waals surface area contributed by atoms with E-state index in [4.69, 9.17) is 10.4 Å². The molecule has 0 radical (unpaired) electrons. The van der Waals surface area contributed by atoms with Crippen molar-refractivity contribution in [2.24, 2.45) is 0 Å². The standard InChI is InChI=1S/C20H24N4/c1-4-6-7-8-18(17-12-22-14-23-13-17)20-15(3)9-10-19(24-20)16(5-2)11-21/h5,8-14,21H,4,6-7H2,1-3H3/b16-5+,18-8-,21-11?. The SMILES string of the molecule is C/C=C(\C=N)c1ccc(C)c(/C(=C\CCCC)c2cncnc2)n1. The zero-order valence-corrected chi connectivity index (χ0v) is 14.6. The van der Waals surface area contributed by atoms with E-state index in [2.05, 4.69) is 36.0 Å². The number of unbranched alkanes of at least 4 members (excludes halogenated alkanes) is 2. The van der Waals surface area contributed by atoms with Crippen molar-refractivity contribution in [1.82, 2.24) is 15.0 Å². The summed E-state index contributed by atoms with van der Waals surface area (Å²) in [4.78, 5) is 13.1. The van der Waals surface area contributed by atoms with Crippen LogP contribution >= 0.6 is 0 Å². The van der Waals surface area contributed by atoms with E-state index >= 15 is 0 Å². The molecule has 0 aliphatic rings. The molecule has 2 aromatic heterocycles. The first-order chi connectivity index (χ1) is 11.7. The second-order valence-corrected chi connectivity index (χ2v) is 5.64. The smallest absolute Gasteiger partial charge is 0.115 e. The molecule has 2 heterocycles. The Balaban J connectivity index is 2.55. The largest absolute Gasteiger partial charge is 0.308 e. The number of hydrogen-bond acceptors (Lipinski definition) is 4. The summed E-state index contributed by atoms with van der Waals surface area (Å²) in [5.74, 6) is 0. The molecular weight excluding hydrogens is 296 g/mol. The Morgan fingerprint density at radius 2 is 1.96 bits per heavy atom. The van der Waals surface area contributed by atoms with Crippen LogP contribution in [-0.4, -0.2) is 21.2 Å². The fourth-order valence-corrected chi connectivity index (χ4v) is 2.51. The van der Waals surface area contributed by atoms with E-state index in [0.29, 0.717) is 0 Å². The number of allylic oxidation sites excluding steroid dienone is 3. The Kier molecular flexibility index (Phi) is 6.55. The summed E-state index contributed by atoms with van der Waals surface area (Å²) in [5.41, 5.74) is 5.69. The Morgan fingerprint density at radius 3 is 2.58 bits per heavy atom. The highest BCUT2D eigenvalue weighted by atomic mass is 14.8. The Bertz CT molecular complexity index is 745. The molecule has 0 unspecified atom stereocenters. The van der Waals surface area contributed by atoms with Crippen molar-refractivity contribution in [3.8, 4) is 0 Å². The second kappa shape index (κ2) is 8.87. The summed E-state index contributed by atoms with van der Waals surface area (Å²) >= 11 is 0. The maximum absolute atomic E-state index is 7.56. The number of aromatic nitrogens is 3. The molecule has 4 nitrogen and oxygen atoms in total. The number of rotatable bonds is 7. The van der Waals surface area contributed by atoms with Gasteiger partial charge in [-0.3, -0.25) is 0 Å². The van der Waals surface area contributed by atoms with Gasteiger partial charge in [-0.15, -0.1) is 0 Å². The van der Waals surface area contributed by atoms with Gasteiger partial charge in [-0.2, -0.15) is 0 Å². The van der Waals surface area contributed by atoms with Gasteiger partial charge in [0, 0.05) is 35.3 Å². The van der Waals surface area contributed by atoms with Crippen molar-refractivity contribution in [2.75, 3.05) is 0 Å². The Labute approximate surface area is 143 Å². The minimum Gasteiger partial charge on any atom is -0.308 e. The zero-order chi connectivity index (χ0) is 17.4. The molecule has 0 bridgehead atoms. The highest BCUT2D eigenvalue weighted by molar-refractivity contribution is 6.07. The normalized spacial score (nSPS) is 12.3. The Hall–Kier alpha value is -2.62. The van der Waals surface area contributed by atoms with Crippen LogP contribution in [0.25, 0.3) is 11.1 Å². The molecule has 0 aromatic carbocycles. The second-order valence-electron chi connectivity index (χ2n) is 5.64. The topological polar surface area (TPSA) is 62.5 Å². The number of pyridine rings is 1. The maximum Gasteiger partial charge on any atom is 0.115 e. The number of nitrogens with one attached hydrogen (secondary N) is 1. The number of hydrogen-bond donors (Lipinski definition) is 1. The molecular formula is C20H24N4. The van der Waals surface area contributed by atoms with Gasteiger partial charge in [0.25, 0.3) is 0 Å². The molecule has 24 heavy (non-hydrogen) atoms. The summed E-state index contributed by atoms with van der Waals surface area (Å²) < 4.78 is 0. The predicted molar refractivity (Wildman–Crippen MR) is 100 cm³/mol. The van der Waals surface area contributed by atoms with Gasteiger partial charge in [0.2, 0.25) is 0 Å². The number of nitrogens with zero attached hydrogens (tertiary/aromatic N) is 3. The average molecular weight is 320 g/mol. The highest BCUT2D eigenvalue weighted by Gasteiger charge is 2.12. The van der Waals surface area contributed by atoms with Gasteiger partial charge in [0.1, 0.15) is 6.33 Å². The van der Waals surface area contributed by atoms with Crippen molar-refractivity contribution in [2.45, 2.75) is 40.0 Å². The molecule has 124 valence electrons. The van der Waals surface area contributed by atoms with Gasteiger partial charge in [-0.25, -0.2) is 15.0 Å². The van der Waals surface area contributed by atoms with Crippen LogP contribution in [0, 0.1) is 12.3 Å². The van der Waals surface area contributed by atoms with Gasteiger partial charge < -0.3 is 5.41 Å². The third-order valence-electron chi connectivity index (χ3n) is 3.89. The first kappa shape index (κ1) is 17.7. The van der Waals surface area contributed by atoms with Crippen LogP contribution in [0.15, 0.2) is 43.0 Å². The summed E-state index contributed by atoms with van der Waals surface area (Å²) in [6.45, 7) is 6.17. The number of aryl methyl sites for hydroxylation is 1. The average Bonchev–Trinajstić information content (AvgIpc) is 2.62. The molecule has 0 saturated carbocycles. The summed E-state index contributed by atoms with van der Waals surface area (Å²) in [7, 11) is 0. The van der Waals surface area contributed by atoms with Crippen molar-refractivity contribution in [3.63, 3.8) is 0 Å². The fraction of sp³-hybridized carbons (Fsp3) is 0.300. The molecule has 0 saturated heterocycles. The quantitative estimate of drug-likeness (QED) is 0.585. The minimum absolute atomic E-state index is 0.811. The lowest BCUT2D eigenvalue weighted by atomic mass is 9.98. The van der Waals surface area contributed by atoms with Crippen LogP contribution in [-0.2, 0) is 0 Å². The molecule has 0 atom stereocenters. The van der Waals surface area contributed by atoms with Crippen molar-refractivity contribution >= 4 is 17.4 Å². The van der Waals surface area contributed by atoms with Gasteiger partial charge in [-0.1, -0.05) is 38.0 Å². The highest BCUT2D eigenvalue weighted by Crippen LogP contribution is 2.26. The third kappa shape index (κ3) is 4.22. The molecule has 0 aliphatic heterocycles. The molecule has 0 spiro atoms. The monoisotopic (exact) mass is 320 g/mol. The molecule has 4 heteroatoms. The van der Waals surface area contributed by atoms with Crippen LogP contribution < -0.4 is 0 Å². The first-order valence-electron chi connectivity index (χ1n) is 8.32. The van der Waals surface area contributed by atoms with Crippen LogP contribution in [0.5, 0.6) is 0 Å². The maximum atomic E-state index is 7.56. The fourth-order valence-electron chi connectivity index (χ4n) is 2.51. The van der Waals surface area contributed by atoms with E-state index in [1.165, 1.54) is 12.5 Å². The van der Waals surface area contributed by atoms with Crippen molar-refractivity contribution in [1.29, 1.82) is 5.41 Å². The zero-order valence-electron chi connectivity index (χ0n) is 14.6. The van der Waals surface area contributed by atoms with Crippen LogP contribution in [0.4, 0.5) is 0 Å². The Morgan fingerprint density at radius 1 is 1.21 bits per heavy atom. The summed E-state index contributed by atoms with van der Waals surface area (Å²) in [5, 5.41) is 7.56. The predicted octanol–water partition coefficient (Wildman–Crippen LogP) is 4.85. The molecule has 0 aliphatic carbocycles. The molecule has 0 amide bonds. The van der Waals surface area contributed by atoms with Gasteiger partial charge in [0.15, 0.2) is 0 Å². The summed E-state index contributed by atoms with van der Waals surface area (Å²) in [6.07, 6.45) is 13.9. The lowest BCUT2D eigenvalue weighted by molar-refractivity contribution is 0.815. The van der Waals surface area contributed by atoms with E-state index < -0.39 is 0 Å². The van der Waals surface area contributed by atoms with Gasteiger partial charge in [-0.05, 0) is 31.9 Å². The molecule has 2 aromatic rings. The molecule has 1 N–H and O–H groups in total. The van der Waals surface area contributed by atoms with Crippen LogP contribution in [0.1, 0.15) is 55.6 Å². The van der Waals surface area contributed by atoms with E-state index in [0.717, 1.165) is 52.9 Å². The van der Waals surface area contributed by atoms with E-state index in [-0.39, 0.29) is 0 Å². The van der Waals surface area contributed by atoms with Crippen molar-refractivity contribution < 1.29 is 0 Å². The molecule has 2 rings (SSSR count). The third-order valence-corrected chi connectivity index (χ3v) is 3.89. The van der Waals surface area contributed by atoms with Crippen LogP contribution in [0.3, 0.4) is 0 Å². The van der Waals surface area contributed by atoms with Crippen molar-refractivity contribution in [3.05, 3.63) is 65.5 Å². The van der Waals surface area contributed by atoms with Crippen LogP contribution in [0.2, 0.25) is 0 Å².